The van der Waals surface area contributed by atoms with E-state index in [4.69, 9.17) is 82.6 Å². The first-order valence-corrected chi connectivity index (χ1v) is 33.5. The van der Waals surface area contributed by atoms with E-state index in [-0.39, 0.29) is 128 Å². The number of anilines is 5. The molecule has 40 heteroatoms. The van der Waals surface area contributed by atoms with Crippen LogP contribution in [0.15, 0.2) is 152 Å². The number of H-pyrrole nitrogens is 1. The highest BCUT2D eigenvalue weighted by Gasteiger charge is 2.29. The third kappa shape index (κ3) is 30.6. The summed E-state index contributed by atoms with van der Waals surface area (Å²) in [6.07, 6.45) is 5.36. The fourth-order valence-corrected chi connectivity index (χ4v) is 9.79. The highest BCUT2D eigenvalue weighted by molar-refractivity contribution is 6.36. The summed E-state index contributed by atoms with van der Waals surface area (Å²) in [4.78, 5) is 124. The molecule has 9 rings (SSSR count). The SMILES string of the molecule is C.C.CC(C)(C)OC(=O)C(=O)OC(C)(C)C.CCn1cc(N)ccc1=O.CCn1cc(NC(=O)c2cc(OC(C)c3c(Cl)ccc(F)c3Cl)c(N)nn2)ccc1=O.CCn1cc(NC(=O)c2cc(OC(C)c3c(Cl)ccc(F)c3Cl)c(N)nn2)ccc1=O.CCn1cc([N+](=O)[O-])ccc1=O.O=c1ccc([N+](=O)[O-])c[nH]1.[B]. The Morgan fingerprint density at radius 2 is 0.865 bits per heavy atom. The lowest BCUT2D eigenvalue weighted by atomic mass is 10.1. The molecule has 0 saturated carbocycles. The third-order valence-corrected chi connectivity index (χ3v) is 15.0. The molecule has 2 amide bonds. The summed E-state index contributed by atoms with van der Waals surface area (Å²) in [5, 5.41) is 40.6. The van der Waals surface area contributed by atoms with E-state index in [2.05, 4.69) is 36.0 Å². The Kier molecular flexibility index (Phi) is 39.0. The minimum atomic E-state index is -0.951. The lowest BCUT2D eigenvalue weighted by Crippen LogP contribution is -2.34. The molecule has 3 radical (unpaired) electrons. The number of nitrogens with two attached hydrogens (primary N) is 3. The van der Waals surface area contributed by atoms with Gasteiger partial charge in [-0.2, -0.15) is 0 Å². The summed E-state index contributed by atoms with van der Waals surface area (Å²) in [6.45, 7) is 22.6. The Morgan fingerprint density at radius 3 is 1.20 bits per heavy atom. The van der Waals surface area contributed by atoms with Crippen LogP contribution in [0.4, 0.5) is 48.9 Å². The third-order valence-electron chi connectivity index (χ3n) is 13.6. The minimum Gasteiger partial charge on any atom is -0.482 e. The zero-order valence-electron chi connectivity index (χ0n) is 60.6. The molecule has 9 aromatic rings. The number of carbonyl (C=O) groups excluding carboxylic acids is 4. The van der Waals surface area contributed by atoms with Gasteiger partial charge in [-0.3, -0.25) is 53.8 Å². The first-order valence-electron chi connectivity index (χ1n) is 32.0. The van der Waals surface area contributed by atoms with Gasteiger partial charge in [0.2, 0.25) is 5.56 Å². The molecular formula is C71H84BCl4F2N16O17. The van der Waals surface area contributed by atoms with Gasteiger partial charge >= 0.3 is 11.9 Å². The number of aryl methyl sites for hydroxylation is 4. The quantitative estimate of drug-likeness (QED) is 0.0131. The van der Waals surface area contributed by atoms with Crippen molar-refractivity contribution in [1.82, 2.24) is 43.6 Å². The van der Waals surface area contributed by atoms with Gasteiger partial charge in [0.25, 0.3) is 45.4 Å². The van der Waals surface area contributed by atoms with Crippen molar-refractivity contribution in [1.29, 1.82) is 0 Å². The van der Waals surface area contributed by atoms with Crippen molar-refractivity contribution < 1.29 is 56.8 Å². The number of halogens is 6. The van der Waals surface area contributed by atoms with Crippen LogP contribution in [0.25, 0.3) is 0 Å². The largest absolute Gasteiger partial charge is 0.482 e. The first-order chi connectivity index (χ1) is 50.5. The Bertz CT molecular complexity index is 4820. The fraction of sp³-hybridized carbons (Fsp3) is 0.310. The van der Waals surface area contributed by atoms with Gasteiger partial charge in [-0.25, -0.2) is 18.4 Å². The normalized spacial score (nSPS) is 10.9. The number of carbonyl (C=O) groups is 4. The van der Waals surface area contributed by atoms with E-state index in [9.17, 15) is 72.2 Å². The van der Waals surface area contributed by atoms with E-state index in [1.54, 1.807) is 93.0 Å². The van der Waals surface area contributed by atoms with Crippen LogP contribution in [0, 0.1) is 31.9 Å². The van der Waals surface area contributed by atoms with Gasteiger partial charge in [0, 0.05) is 135 Å². The monoisotopic (exact) mass is 1620 g/mol. The molecule has 0 aliphatic rings. The van der Waals surface area contributed by atoms with Crippen LogP contribution in [-0.4, -0.2) is 96.9 Å². The number of hydrogen-bond acceptors (Lipinski definition) is 24. The summed E-state index contributed by atoms with van der Waals surface area (Å²) in [5.41, 5.74) is 16.4. The topological polar surface area (TPSA) is 466 Å². The second-order valence-corrected chi connectivity index (χ2v) is 25.6. The van der Waals surface area contributed by atoms with Crippen molar-refractivity contribution in [2.45, 2.75) is 148 Å². The zero-order valence-corrected chi connectivity index (χ0v) is 63.6. The van der Waals surface area contributed by atoms with Gasteiger partial charge in [0.05, 0.1) is 43.7 Å². The molecule has 111 heavy (non-hydrogen) atoms. The molecule has 2 aromatic carbocycles. The van der Waals surface area contributed by atoms with E-state index in [0.29, 0.717) is 43.2 Å². The number of aromatic nitrogens is 9. The number of benzene rings is 2. The average molecular weight is 1620 g/mol. The van der Waals surface area contributed by atoms with Gasteiger partial charge < -0.3 is 70.0 Å². The van der Waals surface area contributed by atoms with E-state index in [0.717, 1.165) is 30.5 Å². The molecule has 0 bridgehead atoms. The predicted molar refractivity (Wildman–Crippen MR) is 421 cm³/mol. The van der Waals surface area contributed by atoms with Crippen LogP contribution in [0.2, 0.25) is 20.1 Å². The number of amides is 2. The Hall–Kier alpha value is -11.9. The second-order valence-electron chi connectivity index (χ2n) is 24.0. The van der Waals surface area contributed by atoms with Gasteiger partial charge in [-0.1, -0.05) is 61.3 Å². The molecule has 7 aromatic heterocycles. The number of pyridine rings is 5. The maximum atomic E-state index is 13.8. The molecule has 9 N–H and O–H groups in total. The number of nitrogens with zero attached hydrogens (tertiary/aromatic N) is 10. The molecule has 2 atom stereocenters. The number of nitrogens with one attached hydrogen (secondary N) is 3. The molecule has 0 spiro atoms. The summed E-state index contributed by atoms with van der Waals surface area (Å²) in [7, 11) is 0. The highest BCUT2D eigenvalue weighted by Crippen LogP contribution is 2.38. The van der Waals surface area contributed by atoms with Crippen LogP contribution in [0.5, 0.6) is 11.5 Å². The Morgan fingerprint density at radius 1 is 0.523 bits per heavy atom. The van der Waals surface area contributed by atoms with E-state index in [1.165, 1.54) is 99.0 Å². The molecule has 0 aliphatic carbocycles. The molecule has 33 nitrogen and oxygen atoms in total. The van der Waals surface area contributed by atoms with Crippen molar-refractivity contribution in [2.24, 2.45) is 0 Å². The summed E-state index contributed by atoms with van der Waals surface area (Å²) in [6, 6.07) is 21.0. The van der Waals surface area contributed by atoms with Crippen molar-refractivity contribution in [3.05, 3.63) is 254 Å². The lowest BCUT2D eigenvalue weighted by molar-refractivity contribution is -0.385. The molecular weight excluding hydrogens is 1540 g/mol. The molecule has 2 unspecified atom stereocenters. The predicted octanol–water partition coefficient (Wildman–Crippen LogP) is 12.2. The van der Waals surface area contributed by atoms with E-state index < -0.39 is 68.6 Å². The number of esters is 2. The Balaban J connectivity index is 0.000000709. The Labute approximate surface area is 656 Å². The second kappa shape index (κ2) is 44.6. The molecule has 0 saturated heterocycles. The number of aromatic amines is 1. The maximum absolute atomic E-state index is 13.8. The standard InChI is InChI=1S/2C20H18Cl2FN5O3.C10H18O4.C7H8N2O3.C7H10N2O.C5H4N2O3.2CH4.B/c2*1-3-28-9-11(4-7-16(28)29)25-20(30)14-8-15(19(24)27-26-14)31-10(2)17-12(21)5-6-13(23)18(17)22;1-9(2,3)13-7(11)8(12)14-10(4,5)6;1-2-8-5-6(9(11)12)3-4-7(8)10;1-2-9-5-6(8)3-4-7(9)10;8-5-2-1-4(3-6-5)7(9)10;;;/h2*4-10H,3H2,1-2H3,(H2,24,27)(H,25,30);1-6H3;3-5H,2H2,1H3;3-5H,2,8H2,1H3;1-3H,(H,6,8);2*1H4;. The zero-order chi connectivity index (χ0) is 81.2. The average Bonchev–Trinajstić information content (AvgIpc) is 0.814. The van der Waals surface area contributed by atoms with Crippen molar-refractivity contribution >= 4 is 119 Å². The number of nitro groups is 2. The van der Waals surface area contributed by atoms with Gasteiger partial charge in [-0.15, -0.1) is 20.4 Å². The van der Waals surface area contributed by atoms with Crippen LogP contribution >= 0.6 is 46.4 Å². The van der Waals surface area contributed by atoms with Gasteiger partial charge in [-0.05, 0) is 126 Å². The van der Waals surface area contributed by atoms with Crippen molar-refractivity contribution in [3.63, 3.8) is 0 Å². The number of ether oxygens (including phenoxy) is 4. The maximum Gasteiger partial charge on any atom is 0.418 e. The number of hydrogen-bond donors (Lipinski definition) is 6. The van der Waals surface area contributed by atoms with Gasteiger partial charge in [0.15, 0.2) is 34.5 Å². The molecule has 7 heterocycles. The smallest absolute Gasteiger partial charge is 0.418 e. The first kappa shape index (κ1) is 97.1. The lowest BCUT2D eigenvalue weighted by Gasteiger charge is -2.22. The van der Waals surface area contributed by atoms with E-state index in [1.807, 2.05) is 6.92 Å². The minimum absolute atomic E-state index is 0. The fourth-order valence-electron chi connectivity index (χ4n) is 8.43. The summed E-state index contributed by atoms with van der Waals surface area (Å²) < 4.78 is 54.6. The van der Waals surface area contributed by atoms with Crippen molar-refractivity contribution in [2.75, 3.05) is 27.8 Å². The van der Waals surface area contributed by atoms with Crippen LogP contribution in [0.3, 0.4) is 0 Å². The van der Waals surface area contributed by atoms with Crippen molar-refractivity contribution in [3.8, 4) is 11.5 Å². The van der Waals surface area contributed by atoms with Crippen LogP contribution < -0.4 is 65.1 Å². The highest BCUT2D eigenvalue weighted by atomic mass is 35.5. The van der Waals surface area contributed by atoms with Gasteiger partial charge in [0.1, 0.15) is 35.0 Å². The summed E-state index contributed by atoms with van der Waals surface area (Å²) in [5.74, 6) is -4.44. The summed E-state index contributed by atoms with van der Waals surface area (Å²) >= 11 is 24.3. The molecule has 0 fully saturated rings. The number of nitrogen functional groups attached to an aromatic ring is 3. The van der Waals surface area contributed by atoms with Crippen LogP contribution in [0.1, 0.15) is 142 Å². The molecule has 595 valence electrons. The number of rotatable bonds is 16. The molecule has 0 aliphatic heterocycles. The van der Waals surface area contributed by atoms with Crippen LogP contribution in [-0.2, 0) is 45.2 Å². The van der Waals surface area contributed by atoms with E-state index >= 15 is 0 Å².